The fourth-order valence-electron chi connectivity index (χ4n) is 4.54. The molecule has 2 atom stereocenters. The Hall–Kier alpha value is -0.0800. The first-order valence-electron chi connectivity index (χ1n) is 9.44. The van der Waals surface area contributed by atoms with Gasteiger partial charge in [0.1, 0.15) is 0 Å². The first-order valence-corrected chi connectivity index (χ1v) is 9.44. The molecule has 0 bridgehead atoms. The van der Waals surface area contributed by atoms with Gasteiger partial charge in [-0.2, -0.15) is 0 Å². The van der Waals surface area contributed by atoms with E-state index in [0.29, 0.717) is 5.41 Å². The van der Waals surface area contributed by atoms with Crippen LogP contribution in [0.3, 0.4) is 0 Å². The van der Waals surface area contributed by atoms with Crippen LogP contribution < -0.4 is 5.32 Å². The van der Waals surface area contributed by atoms with E-state index in [-0.39, 0.29) is 0 Å². The van der Waals surface area contributed by atoms with E-state index >= 15 is 0 Å². The lowest BCUT2D eigenvalue weighted by Crippen LogP contribution is -2.52. The lowest BCUT2D eigenvalue weighted by Gasteiger charge is -2.42. The highest BCUT2D eigenvalue weighted by Gasteiger charge is 2.30. The molecule has 2 rings (SSSR count). The molecule has 2 unspecified atom stereocenters. The van der Waals surface area contributed by atoms with Gasteiger partial charge < -0.3 is 10.2 Å². The Bertz CT molecular complexity index is 288. The van der Waals surface area contributed by atoms with Gasteiger partial charge in [0.25, 0.3) is 0 Å². The van der Waals surface area contributed by atoms with Gasteiger partial charge in [-0.15, -0.1) is 0 Å². The third kappa shape index (κ3) is 6.28. The van der Waals surface area contributed by atoms with Gasteiger partial charge in [0.05, 0.1) is 0 Å². The summed E-state index contributed by atoms with van der Waals surface area (Å²) in [6.07, 6.45) is 11.2. The molecule has 2 heteroatoms. The van der Waals surface area contributed by atoms with Crippen molar-refractivity contribution in [2.75, 3.05) is 19.6 Å². The summed E-state index contributed by atoms with van der Waals surface area (Å²) >= 11 is 0. The number of hydrogen-bond donors (Lipinski definition) is 1. The largest absolute Gasteiger partial charge is 0.310 e. The first-order chi connectivity index (χ1) is 9.96. The third-order valence-electron chi connectivity index (χ3n) is 5.13. The molecular weight excluding hydrogens is 256 g/mol. The predicted molar refractivity (Wildman–Crippen MR) is 92.7 cm³/mol. The molecule has 0 aromatic heterocycles. The molecule has 1 saturated carbocycles. The summed E-state index contributed by atoms with van der Waals surface area (Å²) in [5.41, 5.74) is 0.468. The van der Waals surface area contributed by atoms with Crippen LogP contribution in [0, 0.1) is 11.3 Å². The van der Waals surface area contributed by atoms with Crippen molar-refractivity contribution in [3.63, 3.8) is 0 Å². The zero-order chi connectivity index (χ0) is 15.3. The molecule has 0 amide bonds. The van der Waals surface area contributed by atoms with Gasteiger partial charge in [0.2, 0.25) is 0 Å². The number of rotatable bonds is 5. The Balaban J connectivity index is 1.88. The van der Waals surface area contributed by atoms with E-state index in [1.165, 1.54) is 71.0 Å². The molecule has 1 aliphatic heterocycles. The highest BCUT2D eigenvalue weighted by molar-refractivity contribution is 4.88. The van der Waals surface area contributed by atoms with Gasteiger partial charge in [-0.3, -0.25) is 0 Å². The Kier molecular flexibility index (Phi) is 6.55. The van der Waals surface area contributed by atoms with Crippen LogP contribution in [0.2, 0.25) is 0 Å². The van der Waals surface area contributed by atoms with Crippen molar-refractivity contribution >= 4 is 0 Å². The number of likely N-dealkylation sites (tertiary alicyclic amines) is 1. The van der Waals surface area contributed by atoms with E-state index in [1.54, 1.807) is 0 Å². The Morgan fingerprint density at radius 1 is 1.00 bits per heavy atom. The molecule has 2 nitrogen and oxygen atoms in total. The van der Waals surface area contributed by atoms with Crippen LogP contribution in [-0.4, -0.2) is 36.6 Å². The summed E-state index contributed by atoms with van der Waals surface area (Å²) in [4.78, 5) is 2.72. The number of hydrogen-bond acceptors (Lipinski definition) is 2. The van der Waals surface area contributed by atoms with Crippen molar-refractivity contribution in [1.82, 2.24) is 10.2 Å². The number of piperidine rings is 1. The van der Waals surface area contributed by atoms with Crippen molar-refractivity contribution in [2.45, 2.75) is 91.1 Å². The van der Waals surface area contributed by atoms with E-state index in [1.807, 2.05) is 0 Å². The normalized spacial score (nSPS) is 29.7. The van der Waals surface area contributed by atoms with Gasteiger partial charge in [-0.25, -0.2) is 0 Å². The van der Waals surface area contributed by atoms with Gasteiger partial charge in [0, 0.05) is 25.2 Å². The van der Waals surface area contributed by atoms with Crippen LogP contribution in [0.4, 0.5) is 0 Å². The van der Waals surface area contributed by atoms with Gasteiger partial charge in [-0.1, -0.05) is 47.0 Å². The fourth-order valence-corrected chi connectivity index (χ4v) is 4.54. The SMILES string of the molecule is CCCN1CC(CC(C)(C)C)CC(NC2CCCCC2)C1. The minimum Gasteiger partial charge on any atom is -0.310 e. The molecule has 2 aliphatic rings. The van der Waals surface area contributed by atoms with Crippen molar-refractivity contribution < 1.29 is 0 Å². The average molecular weight is 295 g/mol. The van der Waals surface area contributed by atoms with Gasteiger partial charge in [0.15, 0.2) is 0 Å². The maximum absolute atomic E-state index is 4.02. The van der Waals surface area contributed by atoms with E-state index in [9.17, 15) is 0 Å². The standard InChI is InChI=1S/C19H38N2/c1-5-11-21-14-16(13-19(2,3)4)12-18(15-21)20-17-9-7-6-8-10-17/h16-18,20H,5-15H2,1-4H3. The molecular formula is C19H38N2. The Labute approximate surface area is 133 Å². The summed E-state index contributed by atoms with van der Waals surface area (Å²) in [6.45, 7) is 13.4. The van der Waals surface area contributed by atoms with Crippen LogP contribution in [0.1, 0.15) is 79.1 Å². The van der Waals surface area contributed by atoms with Crippen molar-refractivity contribution in [3.8, 4) is 0 Å². The molecule has 0 spiro atoms. The molecule has 1 aliphatic carbocycles. The molecule has 0 aromatic carbocycles. The van der Waals surface area contributed by atoms with E-state index < -0.39 is 0 Å². The summed E-state index contributed by atoms with van der Waals surface area (Å²) in [5.74, 6) is 0.881. The van der Waals surface area contributed by atoms with Gasteiger partial charge in [-0.05, 0) is 50.0 Å². The second kappa shape index (κ2) is 7.97. The lowest BCUT2D eigenvalue weighted by atomic mass is 9.79. The maximum atomic E-state index is 4.02. The molecule has 2 fully saturated rings. The summed E-state index contributed by atoms with van der Waals surface area (Å²) in [7, 11) is 0. The Morgan fingerprint density at radius 3 is 2.33 bits per heavy atom. The van der Waals surface area contributed by atoms with Crippen LogP contribution in [-0.2, 0) is 0 Å². The van der Waals surface area contributed by atoms with Crippen molar-refractivity contribution in [2.24, 2.45) is 11.3 Å². The average Bonchev–Trinajstić information content (AvgIpc) is 2.38. The topological polar surface area (TPSA) is 15.3 Å². The molecule has 1 saturated heterocycles. The van der Waals surface area contributed by atoms with E-state index in [2.05, 4.69) is 37.9 Å². The monoisotopic (exact) mass is 294 g/mol. The van der Waals surface area contributed by atoms with Crippen molar-refractivity contribution in [3.05, 3.63) is 0 Å². The predicted octanol–water partition coefficient (Wildman–Crippen LogP) is 4.45. The zero-order valence-electron chi connectivity index (χ0n) is 15.0. The third-order valence-corrected chi connectivity index (χ3v) is 5.13. The van der Waals surface area contributed by atoms with Crippen LogP contribution in [0.5, 0.6) is 0 Å². The Morgan fingerprint density at radius 2 is 1.71 bits per heavy atom. The first kappa shape index (κ1) is 17.3. The van der Waals surface area contributed by atoms with Crippen LogP contribution >= 0.6 is 0 Å². The highest BCUT2D eigenvalue weighted by atomic mass is 15.2. The molecule has 0 radical (unpaired) electrons. The van der Waals surface area contributed by atoms with E-state index in [4.69, 9.17) is 0 Å². The number of nitrogens with one attached hydrogen (secondary N) is 1. The second-order valence-electron chi connectivity index (χ2n) is 8.82. The van der Waals surface area contributed by atoms with Crippen LogP contribution in [0.25, 0.3) is 0 Å². The highest BCUT2D eigenvalue weighted by Crippen LogP contribution is 2.31. The number of nitrogens with zero attached hydrogens (tertiary/aromatic N) is 1. The second-order valence-corrected chi connectivity index (χ2v) is 8.82. The smallest absolute Gasteiger partial charge is 0.0200 e. The summed E-state index contributed by atoms with van der Waals surface area (Å²) in [6, 6.07) is 1.54. The fraction of sp³-hybridized carbons (Fsp3) is 1.00. The molecule has 0 aromatic rings. The van der Waals surface area contributed by atoms with E-state index in [0.717, 1.165) is 18.0 Å². The molecule has 124 valence electrons. The van der Waals surface area contributed by atoms with Crippen LogP contribution in [0.15, 0.2) is 0 Å². The zero-order valence-corrected chi connectivity index (χ0v) is 15.0. The molecule has 1 N–H and O–H groups in total. The maximum Gasteiger partial charge on any atom is 0.0200 e. The molecule has 1 heterocycles. The summed E-state index contributed by atoms with van der Waals surface area (Å²) in [5, 5.41) is 4.02. The minimum atomic E-state index is 0.468. The van der Waals surface area contributed by atoms with Gasteiger partial charge >= 0.3 is 0 Å². The summed E-state index contributed by atoms with van der Waals surface area (Å²) < 4.78 is 0. The lowest BCUT2D eigenvalue weighted by molar-refractivity contribution is 0.106. The van der Waals surface area contributed by atoms with Crippen molar-refractivity contribution in [1.29, 1.82) is 0 Å². The molecule has 21 heavy (non-hydrogen) atoms. The quantitative estimate of drug-likeness (QED) is 0.806. The minimum absolute atomic E-state index is 0.468.